The number of imidazole rings is 1. The van der Waals surface area contributed by atoms with Gasteiger partial charge in [-0.15, -0.1) is 0 Å². The minimum Gasteiger partial charge on any atom is -0.379 e. The monoisotopic (exact) mass is 265 g/mol. The van der Waals surface area contributed by atoms with Gasteiger partial charge in [-0.05, 0) is 31.9 Å². The number of nitrogens with two attached hydrogens (primary N) is 1. The van der Waals surface area contributed by atoms with E-state index in [1.165, 1.54) is 0 Å². The van der Waals surface area contributed by atoms with E-state index in [1.54, 1.807) is 0 Å². The lowest BCUT2D eigenvalue weighted by Gasteiger charge is -2.36. The number of nitrogens with zero attached hydrogens (tertiary/aromatic N) is 2. The van der Waals surface area contributed by atoms with Crippen molar-refractivity contribution in [3.05, 3.63) is 23.2 Å². The van der Waals surface area contributed by atoms with Gasteiger partial charge in [0, 0.05) is 6.61 Å². The highest BCUT2D eigenvalue weighted by Gasteiger charge is 2.33. The molecule has 1 aliphatic rings. The third-order valence-corrected chi connectivity index (χ3v) is 3.92. The Labute approximate surface area is 111 Å². The summed E-state index contributed by atoms with van der Waals surface area (Å²) in [4.78, 5) is 4.40. The molecule has 0 bridgehead atoms. The van der Waals surface area contributed by atoms with Gasteiger partial charge in [0.05, 0.1) is 28.2 Å². The molecule has 4 nitrogen and oxygen atoms in total. The van der Waals surface area contributed by atoms with E-state index >= 15 is 0 Å². The van der Waals surface area contributed by atoms with Crippen molar-refractivity contribution in [1.82, 2.24) is 9.55 Å². The van der Waals surface area contributed by atoms with Gasteiger partial charge in [-0.1, -0.05) is 17.7 Å². The molecule has 1 saturated heterocycles. The fourth-order valence-electron chi connectivity index (χ4n) is 2.75. The zero-order valence-corrected chi connectivity index (χ0v) is 11.1. The van der Waals surface area contributed by atoms with Crippen molar-refractivity contribution >= 4 is 28.6 Å². The van der Waals surface area contributed by atoms with Gasteiger partial charge in [0.25, 0.3) is 0 Å². The molecule has 0 amide bonds. The van der Waals surface area contributed by atoms with E-state index < -0.39 is 0 Å². The van der Waals surface area contributed by atoms with Crippen LogP contribution >= 0.6 is 11.6 Å². The minimum absolute atomic E-state index is 0.165. The predicted octanol–water partition coefficient (Wildman–Crippen LogP) is 2.80. The average Bonchev–Trinajstić information content (AvgIpc) is 2.68. The molecule has 0 spiro atoms. The molecule has 0 radical (unpaired) electrons. The van der Waals surface area contributed by atoms with E-state index in [1.807, 2.05) is 22.8 Å². The van der Waals surface area contributed by atoms with Gasteiger partial charge in [-0.25, -0.2) is 4.98 Å². The number of hydrogen-bond donors (Lipinski definition) is 1. The van der Waals surface area contributed by atoms with Crippen LogP contribution in [0.15, 0.2) is 18.2 Å². The van der Waals surface area contributed by atoms with Crippen molar-refractivity contribution in [3.8, 4) is 0 Å². The van der Waals surface area contributed by atoms with Gasteiger partial charge < -0.3 is 15.0 Å². The summed E-state index contributed by atoms with van der Waals surface area (Å²) >= 11 is 6.30. The van der Waals surface area contributed by atoms with Crippen LogP contribution in [0.5, 0.6) is 0 Å². The molecule has 5 heteroatoms. The number of ether oxygens (including phenoxy) is 1. The van der Waals surface area contributed by atoms with Crippen molar-refractivity contribution in [3.63, 3.8) is 0 Å². The Morgan fingerprint density at radius 1 is 1.50 bits per heavy atom. The van der Waals surface area contributed by atoms with Crippen molar-refractivity contribution in [1.29, 1.82) is 0 Å². The highest BCUT2D eigenvalue weighted by Crippen LogP contribution is 2.35. The van der Waals surface area contributed by atoms with Crippen LogP contribution in [-0.4, -0.2) is 22.8 Å². The van der Waals surface area contributed by atoms with E-state index in [0.29, 0.717) is 17.6 Å². The Morgan fingerprint density at radius 2 is 2.33 bits per heavy atom. The lowest BCUT2D eigenvalue weighted by atomic mass is 9.94. The summed E-state index contributed by atoms with van der Waals surface area (Å²) in [5.74, 6) is 0.506. The van der Waals surface area contributed by atoms with Crippen LogP contribution in [0, 0.1) is 0 Å². The molecule has 2 aromatic rings. The molecule has 2 heterocycles. The Hall–Kier alpha value is -1.26. The SMILES string of the molecule is CC1(n2c(N)nc3cccc(Cl)c32)CCCOC1. The lowest BCUT2D eigenvalue weighted by Crippen LogP contribution is -2.39. The Bertz CT molecular complexity index is 587. The van der Waals surface area contributed by atoms with Crippen molar-refractivity contribution in [2.75, 3.05) is 18.9 Å². The Morgan fingerprint density at radius 3 is 3.06 bits per heavy atom. The maximum atomic E-state index is 6.30. The molecule has 1 aliphatic heterocycles. The number of nitrogen functional groups attached to an aromatic ring is 1. The third-order valence-electron chi connectivity index (χ3n) is 3.61. The molecule has 96 valence electrons. The number of halogens is 1. The second-order valence-corrected chi connectivity index (χ2v) is 5.47. The van der Waals surface area contributed by atoms with Crippen LogP contribution in [0.25, 0.3) is 11.0 Å². The molecule has 1 aromatic heterocycles. The maximum Gasteiger partial charge on any atom is 0.201 e. The Balaban J connectivity index is 2.24. The quantitative estimate of drug-likeness (QED) is 0.863. The highest BCUT2D eigenvalue weighted by atomic mass is 35.5. The predicted molar refractivity (Wildman–Crippen MR) is 72.9 cm³/mol. The van der Waals surface area contributed by atoms with Crippen LogP contribution in [-0.2, 0) is 10.3 Å². The first-order valence-electron chi connectivity index (χ1n) is 6.12. The molecule has 1 fully saturated rings. The van der Waals surface area contributed by atoms with Crippen LogP contribution in [0.3, 0.4) is 0 Å². The van der Waals surface area contributed by atoms with Crippen LogP contribution in [0.2, 0.25) is 5.02 Å². The van der Waals surface area contributed by atoms with E-state index in [4.69, 9.17) is 22.1 Å². The number of para-hydroxylation sites is 1. The first kappa shape index (κ1) is 11.8. The molecule has 0 saturated carbocycles. The summed E-state index contributed by atoms with van der Waals surface area (Å²) in [5.41, 5.74) is 7.66. The summed E-state index contributed by atoms with van der Waals surface area (Å²) in [6.07, 6.45) is 2.05. The van der Waals surface area contributed by atoms with Crippen molar-refractivity contribution in [2.24, 2.45) is 0 Å². The fraction of sp³-hybridized carbons (Fsp3) is 0.462. The van der Waals surface area contributed by atoms with Gasteiger partial charge in [0.1, 0.15) is 0 Å². The summed E-state index contributed by atoms with van der Waals surface area (Å²) in [5, 5.41) is 0.684. The first-order valence-corrected chi connectivity index (χ1v) is 6.50. The topological polar surface area (TPSA) is 53.1 Å². The van der Waals surface area contributed by atoms with Crippen LogP contribution < -0.4 is 5.73 Å². The van der Waals surface area contributed by atoms with Gasteiger partial charge in [0.2, 0.25) is 5.95 Å². The molecule has 2 N–H and O–H groups in total. The summed E-state index contributed by atoms with van der Waals surface area (Å²) in [6.45, 7) is 3.61. The van der Waals surface area contributed by atoms with E-state index in [2.05, 4.69) is 11.9 Å². The number of aromatic nitrogens is 2. The molecule has 1 atom stereocenters. The van der Waals surface area contributed by atoms with Crippen molar-refractivity contribution < 1.29 is 4.74 Å². The van der Waals surface area contributed by atoms with Gasteiger partial charge >= 0.3 is 0 Å². The highest BCUT2D eigenvalue weighted by molar-refractivity contribution is 6.35. The second kappa shape index (κ2) is 4.14. The van der Waals surface area contributed by atoms with Gasteiger partial charge in [-0.2, -0.15) is 0 Å². The van der Waals surface area contributed by atoms with E-state index in [0.717, 1.165) is 30.5 Å². The standard InChI is InChI=1S/C13H16ClN3O/c1-13(6-3-7-18-8-13)17-11-9(14)4-2-5-10(11)16-12(17)15/h2,4-5H,3,6-8H2,1H3,(H2,15,16). The molecule has 0 aliphatic carbocycles. The number of fused-ring (bicyclic) bond motifs is 1. The number of anilines is 1. The molecular weight excluding hydrogens is 250 g/mol. The zero-order chi connectivity index (χ0) is 12.8. The Kier molecular flexibility index (Phi) is 2.72. The normalized spacial score (nSPS) is 24.6. The average molecular weight is 266 g/mol. The van der Waals surface area contributed by atoms with Gasteiger partial charge in [0.15, 0.2) is 0 Å². The smallest absolute Gasteiger partial charge is 0.201 e. The molecule has 1 unspecified atom stereocenters. The first-order chi connectivity index (χ1) is 8.62. The zero-order valence-electron chi connectivity index (χ0n) is 10.3. The maximum absolute atomic E-state index is 6.30. The van der Waals surface area contributed by atoms with E-state index in [-0.39, 0.29) is 5.54 Å². The summed E-state index contributed by atoms with van der Waals surface area (Å²) < 4.78 is 7.64. The largest absolute Gasteiger partial charge is 0.379 e. The van der Waals surface area contributed by atoms with Gasteiger partial charge in [-0.3, -0.25) is 0 Å². The number of rotatable bonds is 1. The minimum atomic E-state index is -0.165. The molecule has 1 aromatic carbocycles. The van der Waals surface area contributed by atoms with Crippen LogP contribution in [0.4, 0.5) is 5.95 Å². The molecular formula is C13H16ClN3O. The number of hydrogen-bond acceptors (Lipinski definition) is 3. The summed E-state index contributed by atoms with van der Waals surface area (Å²) in [6, 6.07) is 5.69. The fourth-order valence-corrected chi connectivity index (χ4v) is 3.00. The lowest BCUT2D eigenvalue weighted by molar-refractivity contribution is 0.0124. The van der Waals surface area contributed by atoms with E-state index in [9.17, 15) is 0 Å². The second-order valence-electron chi connectivity index (χ2n) is 5.07. The summed E-state index contributed by atoms with van der Waals surface area (Å²) in [7, 11) is 0. The van der Waals surface area contributed by atoms with Crippen molar-refractivity contribution in [2.45, 2.75) is 25.3 Å². The molecule has 18 heavy (non-hydrogen) atoms. The number of benzene rings is 1. The van der Waals surface area contributed by atoms with Crippen LogP contribution in [0.1, 0.15) is 19.8 Å². The third kappa shape index (κ3) is 1.68. The molecule has 3 rings (SSSR count).